The van der Waals surface area contributed by atoms with E-state index in [0.29, 0.717) is 5.41 Å². The van der Waals surface area contributed by atoms with E-state index in [1.165, 1.54) is 70.9 Å². The van der Waals surface area contributed by atoms with Crippen LogP contribution < -0.4 is 0 Å². The van der Waals surface area contributed by atoms with Crippen LogP contribution >= 0.6 is 0 Å². The molecular formula is C19H34N2O2. The quantitative estimate of drug-likeness (QED) is 0.800. The number of amides is 1. The van der Waals surface area contributed by atoms with Crippen LogP contribution in [0, 0.1) is 5.41 Å². The largest absolute Gasteiger partial charge is 0.375 e. The molecule has 2 heterocycles. The van der Waals surface area contributed by atoms with Gasteiger partial charge in [-0.3, -0.25) is 9.69 Å². The second kappa shape index (κ2) is 7.98. The Morgan fingerprint density at radius 1 is 1.00 bits per heavy atom. The van der Waals surface area contributed by atoms with E-state index in [1.54, 1.807) is 7.11 Å². The SMILES string of the molecule is COCC(=O)N1CCC[C@]2(CCN(C3CCCCCCC3)C2)C1. The fourth-order valence-electron chi connectivity index (χ4n) is 5.05. The Hall–Kier alpha value is -0.610. The van der Waals surface area contributed by atoms with E-state index in [4.69, 9.17) is 4.74 Å². The standard InChI is InChI=1S/C19H34N2O2/c1-23-14-18(22)21-12-7-10-19(16-21)11-13-20(15-19)17-8-5-3-2-4-6-9-17/h17H,2-16H2,1H3/t19-/m1/s1. The average molecular weight is 322 g/mol. The van der Waals surface area contributed by atoms with Gasteiger partial charge in [0.15, 0.2) is 0 Å². The summed E-state index contributed by atoms with van der Waals surface area (Å²) in [5.41, 5.74) is 0.365. The molecule has 1 saturated carbocycles. The van der Waals surface area contributed by atoms with Crippen LogP contribution in [0.25, 0.3) is 0 Å². The van der Waals surface area contributed by atoms with Crippen molar-refractivity contribution >= 4 is 5.91 Å². The van der Waals surface area contributed by atoms with Gasteiger partial charge in [0.25, 0.3) is 0 Å². The van der Waals surface area contributed by atoms with Crippen LogP contribution in [-0.4, -0.2) is 61.6 Å². The molecule has 0 bridgehead atoms. The van der Waals surface area contributed by atoms with Gasteiger partial charge in [-0.1, -0.05) is 32.1 Å². The molecule has 3 fully saturated rings. The van der Waals surface area contributed by atoms with Crippen LogP contribution in [-0.2, 0) is 9.53 Å². The van der Waals surface area contributed by atoms with Gasteiger partial charge in [-0.05, 0) is 38.6 Å². The summed E-state index contributed by atoms with van der Waals surface area (Å²) in [5, 5.41) is 0. The summed E-state index contributed by atoms with van der Waals surface area (Å²) in [6.45, 7) is 4.58. The fraction of sp³-hybridized carbons (Fsp3) is 0.947. The first kappa shape index (κ1) is 17.2. The van der Waals surface area contributed by atoms with Gasteiger partial charge >= 0.3 is 0 Å². The van der Waals surface area contributed by atoms with Crippen molar-refractivity contribution in [1.82, 2.24) is 9.80 Å². The first-order valence-electron chi connectivity index (χ1n) is 9.73. The molecule has 1 atom stereocenters. The molecule has 0 aromatic heterocycles. The third kappa shape index (κ3) is 4.27. The monoisotopic (exact) mass is 322 g/mol. The first-order valence-corrected chi connectivity index (χ1v) is 9.73. The van der Waals surface area contributed by atoms with Gasteiger partial charge in [0, 0.05) is 38.2 Å². The first-order chi connectivity index (χ1) is 11.2. The summed E-state index contributed by atoms with van der Waals surface area (Å²) in [7, 11) is 1.61. The number of piperidine rings is 1. The Labute approximate surface area is 141 Å². The highest BCUT2D eigenvalue weighted by atomic mass is 16.5. The fourth-order valence-corrected chi connectivity index (χ4v) is 5.05. The number of methoxy groups -OCH3 is 1. The van der Waals surface area contributed by atoms with Gasteiger partial charge in [-0.2, -0.15) is 0 Å². The van der Waals surface area contributed by atoms with E-state index >= 15 is 0 Å². The van der Waals surface area contributed by atoms with Crippen molar-refractivity contribution in [2.75, 3.05) is 39.9 Å². The molecule has 4 nitrogen and oxygen atoms in total. The molecule has 132 valence electrons. The molecular weight excluding hydrogens is 288 g/mol. The molecule has 0 radical (unpaired) electrons. The van der Waals surface area contributed by atoms with Crippen LogP contribution in [0.15, 0.2) is 0 Å². The molecule has 1 amide bonds. The number of hydrogen-bond acceptors (Lipinski definition) is 3. The summed E-state index contributed by atoms with van der Waals surface area (Å²) in [4.78, 5) is 17.0. The Morgan fingerprint density at radius 3 is 2.48 bits per heavy atom. The average Bonchev–Trinajstić information content (AvgIpc) is 2.90. The van der Waals surface area contributed by atoms with Crippen LogP contribution in [0.1, 0.15) is 64.2 Å². The molecule has 2 saturated heterocycles. The molecule has 3 rings (SSSR count). The molecule has 0 aromatic rings. The highest BCUT2D eigenvalue weighted by molar-refractivity contribution is 5.77. The number of ether oxygens (including phenoxy) is 1. The van der Waals surface area contributed by atoms with Crippen molar-refractivity contribution in [3.63, 3.8) is 0 Å². The van der Waals surface area contributed by atoms with Gasteiger partial charge in [0.1, 0.15) is 6.61 Å². The van der Waals surface area contributed by atoms with Crippen LogP contribution in [0.4, 0.5) is 0 Å². The van der Waals surface area contributed by atoms with Crippen molar-refractivity contribution in [1.29, 1.82) is 0 Å². The molecule has 0 N–H and O–H groups in total. The van der Waals surface area contributed by atoms with E-state index < -0.39 is 0 Å². The Morgan fingerprint density at radius 2 is 1.74 bits per heavy atom. The molecule has 0 unspecified atom stereocenters. The number of carbonyl (C=O) groups excluding carboxylic acids is 1. The van der Waals surface area contributed by atoms with Crippen molar-refractivity contribution < 1.29 is 9.53 Å². The zero-order valence-electron chi connectivity index (χ0n) is 14.9. The topological polar surface area (TPSA) is 32.8 Å². The second-order valence-electron chi connectivity index (χ2n) is 8.07. The van der Waals surface area contributed by atoms with Crippen molar-refractivity contribution in [2.24, 2.45) is 5.41 Å². The minimum Gasteiger partial charge on any atom is -0.375 e. The van der Waals surface area contributed by atoms with Crippen molar-refractivity contribution in [2.45, 2.75) is 70.3 Å². The second-order valence-corrected chi connectivity index (χ2v) is 8.07. The zero-order chi connectivity index (χ0) is 16.1. The maximum atomic E-state index is 12.2. The van der Waals surface area contributed by atoms with Crippen molar-refractivity contribution in [3.05, 3.63) is 0 Å². The summed E-state index contributed by atoms with van der Waals surface area (Å²) < 4.78 is 5.05. The van der Waals surface area contributed by atoms with Crippen molar-refractivity contribution in [3.8, 4) is 0 Å². The maximum Gasteiger partial charge on any atom is 0.248 e. The number of hydrogen-bond donors (Lipinski definition) is 0. The van der Waals surface area contributed by atoms with Gasteiger partial charge in [-0.25, -0.2) is 0 Å². The van der Waals surface area contributed by atoms with Crippen LogP contribution in [0.3, 0.4) is 0 Å². The van der Waals surface area contributed by atoms with Crippen LogP contribution in [0.2, 0.25) is 0 Å². The summed E-state index contributed by atoms with van der Waals surface area (Å²) in [6, 6.07) is 0.805. The van der Waals surface area contributed by atoms with E-state index in [9.17, 15) is 4.79 Å². The molecule has 4 heteroatoms. The Bertz CT molecular complexity index is 393. The smallest absolute Gasteiger partial charge is 0.248 e. The van der Waals surface area contributed by atoms with Gasteiger partial charge in [0.05, 0.1) is 0 Å². The molecule has 1 spiro atoms. The van der Waals surface area contributed by atoms with E-state index in [1.807, 2.05) is 0 Å². The third-order valence-corrected chi connectivity index (χ3v) is 6.34. The van der Waals surface area contributed by atoms with Crippen LogP contribution in [0.5, 0.6) is 0 Å². The lowest BCUT2D eigenvalue weighted by atomic mass is 9.79. The minimum absolute atomic E-state index is 0.177. The normalized spacial score (nSPS) is 31.3. The highest BCUT2D eigenvalue weighted by Gasteiger charge is 2.43. The van der Waals surface area contributed by atoms with Gasteiger partial charge in [-0.15, -0.1) is 0 Å². The maximum absolute atomic E-state index is 12.2. The number of rotatable bonds is 3. The van der Waals surface area contributed by atoms with Gasteiger partial charge in [0.2, 0.25) is 5.91 Å². The Kier molecular flexibility index (Phi) is 5.97. The number of carbonyl (C=O) groups is 1. The lowest BCUT2D eigenvalue weighted by molar-refractivity contribution is -0.138. The molecule has 1 aliphatic carbocycles. The lowest BCUT2D eigenvalue weighted by Gasteiger charge is -2.41. The van der Waals surface area contributed by atoms with E-state index in [0.717, 1.165) is 25.6 Å². The van der Waals surface area contributed by atoms with E-state index in [2.05, 4.69) is 9.80 Å². The summed E-state index contributed by atoms with van der Waals surface area (Å²) in [5.74, 6) is 0.177. The molecule has 0 aromatic carbocycles. The number of nitrogens with zero attached hydrogens (tertiary/aromatic N) is 2. The summed E-state index contributed by atoms with van der Waals surface area (Å²) >= 11 is 0. The predicted octanol–water partition coefficient (Wildman–Crippen LogP) is 3.06. The zero-order valence-corrected chi connectivity index (χ0v) is 14.9. The highest BCUT2D eigenvalue weighted by Crippen LogP contribution is 2.41. The molecule has 23 heavy (non-hydrogen) atoms. The molecule has 2 aliphatic heterocycles. The third-order valence-electron chi connectivity index (χ3n) is 6.34. The number of likely N-dealkylation sites (tertiary alicyclic amines) is 2. The Balaban J connectivity index is 1.57. The molecule has 3 aliphatic rings. The lowest BCUT2D eigenvalue weighted by Crippen LogP contribution is -2.49. The summed E-state index contributed by atoms with van der Waals surface area (Å²) in [6.07, 6.45) is 13.6. The van der Waals surface area contributed by atoms with Gasteiger partial charge < -0.3 is 9.64 Å². The van der Waals surface area contributed by atoms with E-state index in [-0.39, 0.29) is 12.5 Å². The minimum atomic E-state index is 0.177. The predicted molar refractivity (Wildman–Crippen MR) is 92.4 cm³/mol.